The predicted octanol–water partition coefficient (Wildman–Crippen LogP) is 6.70. The molecule has 1 amide bonds. The van der Waals surface area contributed by atoms with Crippen molar-refractivity contribution in [3.8, 4) is 16.9 Å². The lowest BCUT2D eigenvalue weighted by Gasteiger charge is -2.33. The van der Waals surface area contributed by atoms with Gasteiger partial charge in [-0.15, -0.1) is 0 Å². The molecule has 1 N–H and O–H groups in total. The van der Waals surface area contributed by atoms with E-state index in [1.54, 1.807) is 7.11 Å². The summed E-state index contributed by atoms with van der Waals surface area (Å²) in [6.07, 6.45) is 6.51. The van der Waals surface area contributed by atoms with Crippen molar-refractivity contribution in [3.05, 3.63) is 54.1 Å². The monoisotopic (exact) mass is 453 g/mol. The van der Waals surface area contributed by atoms with Gasteiger partial charge in [-0.1, -0.05) is 56.2 Å². The summed E-state index contributed by atoms with van der Waals surface area (Å²) in [5.74, 6) is 1.32. The predicted molar refractivity (Wildman–Crippen MR) is 133 cm³/mol. The molecule has 180 valence electrons. The molecular weight excluding hydrogens is 414 g/mol. The lowest BCUT2D eigenvalue weighted by molar-refractivity contribution is 0.0298. The summed E-state index contributed by atoms with van der Waals surface area (Å²) in [4.78, 5) is 12.7. The number of amides is 1. The molecule has 0 radical (unpaired) electrons. The number of ether oxygens (including phenoxy) is 3. The minimum Gasteiger partial charge on any atom is -0.491 e. The van der Waals surface area contributed by atoms with E-state index in [-0.39, 0.29) is 12.2 Å². The van der Waals surface area contributed by atoms with E-state index < -0.39 is 5.54 Å². The Hall–Kier alpha value is -2.53. The molecule has 0 bridgehead atoms. The summed E-state index contributed by atoms with van der Waals surface area (Å²) >= 11 is 0. The second kappa shape index (κ2) is 12.1. The quantitative estimate of drug-likeness (QED) is 0.407. The summed E-state index contributed by atoms with van der Waals surface area (Å²) in [5.41, 5.74) is 2.75. The third-order valence-electron chi connectivity index (χ3n) is 6.52. The van der Waals surface area contributed by atoms with Gasteiger partial charge < -0.3 is 19.5 Å². The molecule has 2 aromatic rings. The highest BCUT2D eigenvalue weighted by Gasteiger charge is 2.30. The van der Waals surface area contributed by atoms with E-state index >= 15 is 0 Å². The van der Waals surface area contributed by atoms with E-state index in [4.69, 9.17) is 14.2 Å². The van der Waals surface area contributed by atoms with Crippen molar-refractivity contribution in [2.45, 2.75) is 70.9 Å². The number of carbonyl (C=O) groups is 1. The molecule has 5 heteroatoms. The number of nitrogens with one attached hydrogen (secondary N) is 1. The smallest absolute Gasteiger partial charge is 0.408 e. The zero-order valence-electron chi connectivity index (χ0n) is 20.6. The lowest BCUT2D eigenvalue weighted by Crippen LogP contribution is -2.44. The average molecular weight is 454 g/mol. The van der Waals surface area contributed by atoms with Crippen LogP contribution in [-0.4, -0.2) is 32.5 Å². The Labute approximate surface area is 198 Å². The topological polar surface area (TPSA) is 56.8 Å². The fraction of sp³-hybridized carbons (Fsp3) is 0.536. The minimum absolute atomic E-state index is 0.0401. The van der Waals surface area contributed by atoms with Gasteiger partial charge in [0, 0.05) is 7.11 Å². The number of benzene rings is 2. The molecule has 0 aromatic heterocycles. The van der Waals surface area contributed by atoms with Gasteiger partial charge in [-0.3, -0.25) is 0 Å². The Morgan fingerprint density at radius 3 is 2.24 bits per heavy atom. The molecule has 2 atom stereocenters. The van der Waals surface area contributed by atoms with Crippen LogP contribution in [0.4, 0.5) is 4.79 Å². The van der Waals surface area contributed by atoms with E-state index in [9.17, 15) is 4.79 Å². The lowest BCUT2D eigenvalue weighted by atomic mass is 9.83. The van der Waals surface area contributed by atoms with Gasteiger partial charge in [0.25, 0.3) is 0 Å². The van der Waals surface area contributed by atoms with E-state index in [0.717, 1.165) is 54.5 Å². The third-order valence-corrected chi connectivity index (χ3v) is 6.52. The molecule has 0 spiro atoms. The first-order chi connectivity index (χ1) is 15.9. The fourth-order valence-corrected chi connectivity index (χ4v) is 4.59. The highest BCUT2D eigenvalue weighted by molar-refractivity contribution is 5.69. The number of alkyl carbamates (subject to hydrolysis) is 1. The van der Waals surface area contributed by atoms with Gasteiger partial charge in [0.1, 0.15) is 18.5 Å². The summed E-state index contributed by atoms with van der Waals surface area (Å²) in [5, 5.41) is 3.09. The molecule has 0 saturated heterocycles. The summed E-state index contributed by atoms with van der Waals surface area (Å²) in [6, 6.07) is 16.4. The number of carbonyl (C=O) groups excluding carboxylic acids is 1. The number of hydrogen-bond donors (Lipinski definition) is 1. The van der Waals surface area contributed by atoms with Crippen LogP contribution >= 0.6 is 0 Å². The maximum absolute atomic E-state index is 12.7. The van der Waals surface area contributed by atoms with Crippen LogP contribution in [0.25, 0.3) is 11.1 Å². The molecule has 3 rings (SSSR count). The van der Waals surface area contributed by atoms with Gasteiger partial charge in [0.2, 0.25) is 0 Å². The molecule has 2 aromatic carbocycles. The van der Waals surface area contributed by atoms with Gasteiger partial charge in [-0.25, -0.2) is 4.79 Å². The molecule has 5 nitrogen and oxygen atoms in total. The average Bonchev–Trinajstić information content (AvgIpc) is 2.81. The van der Waals surface area contributed by atoms with Gasteiger partial charge in [0.05, 0.1) is 12.1 Å². The Morgan fingerprint density at radius 1 is 0.970 bits per heavy atom. The second-order valence-corrected chi connectivity index (χ2v) is 9.47. The highest BCUT2D eigenvalue weighted by Crippen LogP contribution is 2.31. The first-order valence-corrected chi connectivity index (χ1v) is 12.2. The maximum Gasteiger partial charge on any atom is 0.408 e. The SMILES string of the molecule is CCCC1CCCCC1OC(=O)NC(C)(C)c1ccc(-c2ccc(OCCOC)cc2)cc1. The minimum atomic E-state index is -0.524. The Kier molecular flexibility index (Phi) is 9.19. The zero-order chi connectivity index (χ0) is 23.7. The van der Waals surface area contributed by atoms with Gasteiger partial charge in [-0.05, 0) is 74.3 Å². The molecule has 1 aliphatic carbocycles. The van der Waals surface area contributed by atoms with Crippen LogP contribution < -0.4 is 10.1 Å². The van der Waals surface area contributed by atoms with Crippen LogP contribution in [-0.2, 0) is 15.0 Å². The summed E-state index contributed by atoms with van der Waals surface area (Å²) in [6.45, 7) is 7.33. The van der Waals surface area contributed by atoms with Gasteiger partial charge in [0.15, 0.2) is 0 Å². The van der Waals surface area contributed by atoms with Crippen molar-refractivity contribution in [1.82, 2.24) is 5.32 Å². The molecule has 0 aliphatic heterocycles. The normalized spacial score (nSPS) is 18.5. The van der Waals surface area contributed by atoms with Crippen LogP contribution in [0.2, 0.25) is 0 Å². The molecule has 1 saturated carbocycles. The molecule has 33 heavy (non-hydrogen) atoms. The number of methoxy groups -OCH3 is 1. The van der Waals surface area contributed by atoms with E-state index in [0.29, 0.717) is 19.1 Å². The molecule has 1 fully saturated rings. The number of hydrogen-bond acceptors (Lipinski definition) is 4. The first-order valence-electron chi connectivity index (χ1n) is 12.2. The van der Waals surface area contributed by atoms with Crippen LogP contribution in [0.1, 0.15) is 64.9 Å². The Balaban J connectivity index is 1.59. The number of rotatable bonds is 10. The van der Waals surface area contributed by atoms with Crippen molar-refractivity contribution in [3.63, 3.8) is 0 Å². The highest BCUT2D eigenvalue weighted by atomic mass is 16.6. The van der Waals surface area contributed by atoms with Crippen LogP contribution in [0.5, 0.6) is 5.75 Å². The molecular formula is C28H39NO4. The van der Waals surface area contributed by atoms with Crippen molar-refractivity contribution < 1.29 is 19.0 Å². The summed E-state index contributed by atoms with van der Waals surface area (Å²) in [7, 11) is 1.66. The third kappa shape index (κ3) is 7.23. The largest absolute Gasteiger partial charge is 0.491 e. The van der Waals surface area contributed by atoms with Crippen molar-refractivity contribution >= 4 is 6.09 Å². The van der Waals surface area contributed by atoms with E-state index in [1.165, 1.54) is 6.42 Å². The zero-order valence-corrected chi connectivity index (χ0v) is 20.6. The van der Waals surface area contributed by atoms with Crippen LogP contribution in [0, 0.1) is 5.92 Å². The van der Waals surface area contributed by atoms with Crippen molar-refractivity contribution in [2.75, 3.05) is 20.3 Å². The maximum atomic E-state index is 12.7. The summed E-state index contributed by atoms with van der Waals surface area (Å²) < 4.78 is 16.5. The second-order valence-electron chi connectivity index (χ2n) is 9.47. The van der Waals surface area contributed by atoms with Crippen LogP contribution in [0.15, 0.2) is 48.5 Å². The standard InChI is InChI=1S/C28H39NO4/c1-5-8-23-9-6-7-10-26(23)33-27(30)29-28(2,3)24-15-11-21(12-16-24)22-13-17-25(18-14-22)32-20-19-31-4/h11-18,23,26H,5-10,19-20H2,1-4H3,(H,29,30). The van der Waals surface area contributed by atoms with E-state index in [2.05, 4.69) is 48.6 Å². The Morgan fingerprint density at radius 2 is 1.61 bits per heavy atom. The van der Waals surface area contributed by atoms with Gasteiger partial charge in [-0.2, -0.15) is 0 Å². The first kappa shape index (κ1) is 25.1. The van der Waals surface area contributed by atoms with Crippen molar-refractivity contribution in [1.29, 1.82) is 0 Å². The van der Waals surface area contributed by atoms with Gasteiger partial charge >= 0.3 is 6.09 Å². The Bertz CT molecular complexity index is 858. The van der Waals surface area contributed by atoms with Crippen LogP contribution in [0.3, 0.4) is 0 Å². The molecule has 1 aliphatic rings. The molecule has 2 unspecified atom stereocenters. The molecule has 0 heterocycles. The van der Waals surface area contributed by atoms with Crippen molar-refractivity contribution in [2.24, 2.45) is 5.92 Å². The fourth-order valence-electron chi connectivity index (χ4n) is 4.59. The van der Waals surface area contributed by atoms with E-state index in [1.807, 2.05) is 26.0 Å².